The highest BCUT2D eigenvalue weighted by molar-refractivity contribution is 7.80. The highest BCUT2D eigenvalue weighted by atomic mass is 35.5. The second-order valence-corrected chi connectivity index (χ2v) is 7.38. The maximum atomic E-state index is 13.2. The van der Waals surface area contributed by atoms with E-state index in [-0.39, 0.29) is 5.91 Å². The van der Waals surface area contributed by atoms with Crippen LogP contribution < -0.4 is 19.1 Å². The number of hydrogen-bond donors (Lipinski definition) is 0. The summed E-state index contributed by atoms with van der Waals surface area (Å²) in [6, 6.07) is 10.9. The van der Waals surface area contributed by atoms with Crippen LogP contribution in [0.5, 0.6) is 17.2 Å². The minimum atomic E-state index is -0.192. The van der Waals surface area contributed by atoms with E-state index in [1.54, 1.807) is 35.1 Å². The zero-order chi connectivity index (χ0) is 22.5. The number of carbonyl (C=O) groups excluding carboxylic acids is 1. The van der Waals surface area contributed by atoms with E-state index in [4.69, 9.17) is 38.0 Å². The topological polar surface area (TPSA) is 51.2 Å². The highest BCUT2D eigenvalue weighted by Gasteiger charge is 2.38. The van der Waals surface area contributed by atoms with Gasteiger partial charge in [0.15, 0.2) is 16.6 Å². The first kappa shape index (κ1) is 22.9. The lowest BCUT2D eigenvalue weighted by atomic mass is 10.1. The third-order valence-electron chi connectivity index (χ3n) is 4.70. The second kappa shape index (κ2) is 10.0. The van der Waals surface area contributed by atoms with Gasteiger partial charge in [0.1, 0.15) is 11.4 Å². The van der Waals surface area contributed by atoms with Crippen LogP contribution in [0.2, 0.25) is 5.02 Å². The lowest BCUT2D eigenvalue weighted by molar-refractivity contribution is -0.122. The van der Waals surface area contributed by atoms with Crippen molar-refractivity contribution >= 4 is 46.6 Å². The van der Waals surface area contributed by atoms with Crippen molar-refractivity contribution in [3.05, 3.63) is 52.7 Å². The molecule has 3 rings (SSSR count). The molecule has 1 fully saturated rings. The number of benzene rings is 2. The van der Waals surface area contributed by atoms with E-state index in [0.717, 1.165) is 11.4 Å². The van der Waals surface area contributed by atoms with Crippen LogP contribution in [0.3, 0.4) is 0 Å². The molecule has 0 unspecified atom stereocenters. The molecule has 1 heterocycles. The Balaban J connectivity index is 2.14. The Bertz CT molecular complexity index is 1010. The molecule has 1 aliphatic rings. The smallest absolute Gasteiger partial charge is 0.277 e. The van der Waals surface area contributed by atoms with Gasteiger partial charge in [-0.1, -0.05) is 11.6 Å². The monoisotopic (exact) mass is 460 g/mol. The number of hydrogen-bond acceptors (Lipinski definition) is 5. The number of halogens is 1. The van der Waals surface area contributed by atoms with Gasteiger partial charge in [0.25, 0.3) is 5.91 Å². The van der Waals surface area contributed by atoms with Crippen molar-refractivity contribution in [1.82, 2.24) is 4.90 Å². The van der Waals surface area contributed by atoms with E-state index in [1.165, 1.54) is 0 Å². The van der Waals surface area contributed by atoms with Gasteiger partial charge >= 0.3 is 0 Å². The van der Waals surface area contributed by atoms with Crippen molar-refractivity contribution < 1.29 is 19.0 Å². The van der Waals surface area contributed by atoms with Crippen LogP contribution in [0.25, 0.3) is 6.08 Å². The fraction of sp³-hybridized carbons (Fsp3) is 0.304. The summed E-state index contributed by atoms with van der Waals surface area (Å²) in [7, 11) is 1.55. The molecule has 8 heteroatoms. The number of ether oxygens (including phenoxy) is 3. The highest BCUT2D eigenvalue weighted by Crippen LogP contribution is 2.38. The largest absolute Gasteiger partial charge is 0.494 e. The standard InChI is InChI=1S/C23H25ClN2O4S/c1-5-25-22(27)19(13-15-12-16(24)14-20(28-4)21(15)30-7-3)26(23(25)31)17-8-10-18(11-9-17)29-6-2/h8-14H,5-7H2,1-4H3. The van der Waals surface area contributed by atoms with Crippen molar-refractivity contribution in [3.8, 4) is 17.2 Å². The first-order chi connectivity index (χ1) is 14.9. The Kier molecular flexibility index (Phi) is 7.41. The van der Waals surface area contributed by atoms with Gasteiger partial charge in [-0.25, -0.2) is 0 Å². The summed E-state index contributed by atoms with van der Waals surface area (Å²) >= 11 is 11.9. The number of amides is 1. The third kappa shape index (κ3) is 4.62. The molecule has 0 atom stereocenters. The van der Waals surface area contributed by atoms with Gasteiger partial charge in [-0.15, -0.1) is 0 Å². The molecule has 31 heavy (non-hydrogen) atoms. The predicted octanol–water partition coefficient (Wildman–Crippen LogP) is 5.14. The molecule has 6 nitrogen and oxygen atoms in total. The van der Waals surface area contributed by atoms with Crippen LogP contribution in [0.1, 0.15) is 26.3 Å². The van der Waals surface area contributed by atoms with E-state index >= 15 is 0 Å². The molecule has 0 aliphatic carbocycles. The molecule has 1 saturated heterocycles. The number of nitrogens with zero attached hydrogens (tertiary/aromatic N) is 2. The number of anilines is 1. The van der Waals surface area contributed by atoms with E-state index in [1.807, 2.05) is 45.0 Å². The van der Waals surface area contributed by atoms with E-state index in [0.29, 0.717) is 52.7 Å². The zero-order valence-corrected chi connectivity index (χ0v) is 19.5. The zero-order valence-electron chi connectivity index (χ0n) is 18.0. The quantitative estimate of drug-likeness (QED) is 0.401. The first-order valence-electron chi connectivity index (χ1n) is 10.1. The number of likely N-dealkylation sites (N-methyl/N-ethyl adjacent to an activating group) is 1. The normalized spacial score (nSPS) is 15.1. The molecule has 0 saturated carbocycles. The molecule has 2 aromatic carbocycles. The van der Waals surface area contributed by atoms with Gasteiger partial charge in [-0.3, -0.25) is 14.6 Å². The summed E-state index contributed by atoms with van der Waals surface area (Å²) in [5, 5.41) is 0.884. The second-order valence-electron chi connectivity index (χ2n) is 6.58. The van der Waals surface area contributed by atoms with Gasteiger partial charge in [-0.05, 0) is 69.4 Å². The van der Waals surface area contributed by atoms with Crippen LogP contribution >= 0.6 is 23.8 Å². The van der Waals surface area contributed by atoms with Gasteiger partial charge in [0, 0.05) is 28.9 Å². The Labute approximate surface area is 192 Å². The fourth-order valence-corrected chi connectivity index (χ4v) is 3.98. The van der Waals surface area contributed by atoms with Crippen molar-refractivity contribution in [1.29, 1.82) is 0 Å². The van der Waals surface area contributed by atoms with Crippen molar-refractivity contribution in [3.63, 3.8) is 0 Å². The third-order valence-corrected chi connectivity index (χ3v) is 5.32. The summed E-state index contributed by atoms with van der Waals surface area (Å²) in [5.74, 6) is 1.57. The summed E-state index contributed by atoms with van der Waals surface area (Å²) in [6.45, 7) is 7.16. The first-order valence-corrected chi connectivity index (χ1v) is 10.8. The average Bonchev–Trinajstić information content (AvgIpc) is 2.99. The Morgan fingerprint density at radius 2 is 1.74 bits per heavy atom. The predicted molar refractivity (Wildman–Crippen MR) is 127 cm³/mol. The van der Waals surface area contributed by atoms with Crippen molar-refractivity contribution in [2.24, 2.45) is 0 Å². The van der Waals surface area contributed by atoms with E-state index in [9.17, 15) is 4.79 Å². The molecule has 2 aromatic rings. The van der Waals surface area contributed by atoms with Gasteiger partial charge in [0.05, 0.1) is 20.3 Å². The van der Waals surface area contributed by atoms with Crippen LogP contribution in [0, 0.1) is 0 Å². The summed E-state index contributed by atoms with van der Waals surface area (Å²) < 4.78 is 16.8. The molecule has 1 amide bonds. The van der Waals surface area contributed by atoms with E-state index in [2.05, 4.69) is 0 Å². The molecule has 0 bridgehead atoms. The summed E-state index contributed by atoms with van der Waals surface area (Å²) in [5.41, 5.74) is 1.79. The summed E-state index contributed by atoms with van der Waals surface area (Å²) in [4.78, 5) is 16.5. The molecular weight excluding hydrogens is 436 g/mol. The van der Waals surface area contributed by atoms with Crippen LogP contribution in [-0.2, 0) is 4.79 Å². The molecule has 0 N–H and O–H groups in total. The molecule has 1 aliphatic heterocycles. The molecule has 0 aromatic heterocycles. The number of rotatable bonds is 8. The lowest BCUT2D eigenvalue weighted by Crippen LogP contribution is -2.32. The minimum absolute atomic E-state index is 0.192. The van der Waals surface area contributed by atoms with Crippen molar-refractivity contribution in [2.45, 2.75) is 20.8 Å². The molecular formula is C23H25ClN2O4S. The molecule has 0 radical (unpaired) electrons. The van der Waals surface area contributed by atoms with Crippen LogP contribution in [-0.4, -0.2) is 42.8 Å². The van der Waals surface area contributed by atoms with E-state index < -0.39 is 0 Å². The molecule has 164 valence electrons. The van der Waals surface area contributed by atoms with Crippen LogP contribution in [0.15, 0.2) is 42.1 Å². The van der Waals surface area contributed by atoms with Gasteiger partial charge in [-0.2, -0.15) is 0 Å². The maximum Gasteiger partial charge on any atom is 0.277 e. The Morgan fingerprint density at radius 3 is 2.32 bits per heavy atom. The Hall–Kier alpha value is -2.77. The summed E-state index contributed by atoms with van der Waals surface area (Å²) in [6.07, 6.45) is 1.74. The van der Waals surface area contributed by atoms with Gasteiger partial charge < -0.3 is 14.2 Å². The lowest BCUT2D eigenvalue weighted by Gasteiger charge is -2.20. The molecule has 0 spiro atoms. The van der Waals surface area contributed by atoms with Gasteiger partial charge in [0.2, 0.25) is 0 Å². The maximum absolute atomic E-state index is 13.2. The minimum Gasteiger partial charge on any atom is -0.494 e. The van der Waals surface area contributed by atoms with Crippen molar-refractivity contribution in [2.75, 3.05) is 31.8 Å². The number of thiocarbonyl (C=S) groups is 1. The number of methoxy groups -OCH3 is 1. The Morgan fingerprint density at radius 1 is 1.06 bits per heavy atom. The average molecular weight is 461 g/mol. The number of carbonyl (C=O) groups is 1. The SMILES string of the molecule is CCOc1ccc(N2C(=S)N(CC)C(=O)C2=Cc2cc(Cl)cc(OC)c2OCC)cc1. The van der Waals surface area contributed by atoms with Crippen LogP contribution in [0.4, 0.5) is 5.69 Å². The fourth-order valence-electron chi connectivity index (χ4n) is 3.35.